The lowest BCUT2D eigenvalue weighted by atomic mass is 9.97. The molecule has 0 aromatic carbocycles. The quantitative estimate of drug-likeness (QED) is 0.764. The van der Waals surface area contributed by atoms with Gasteiger partial charge in [-0.25, -0.2) is 0 Å². The zero-order valence-electron chi connectivity index (χ0n) is 9.84. The van der Waals surface area contributed by atoms with E-state index in [1.165, 1.54) is 32.1 Å². The molecule has 1 N–H and O–H groups in total. The molecule has 2 aliphatic rings. The van der Waals surface area contributed by atoms with Crippen LogP contribution in [0.4, 0.5) is 0 Å². The molecular weight excluding hydrogens is 218 g/mol. The van der Waals surface area contributed by atoms with Crippen molar-refractivity contribution >= 4 is 17.7 Å². The fourth-order valence-corrected chi connectivity index (χ4v) is 3.56. The predicted octanol–water partition coefficient (Wildman–Crippen LogP) is 2.89. The SMILES string of the molecule is O=C(NCCC1=CCCCC1)C1CCCS1. The minimum Gasteiger partial charge on any atom is -0.355 e. The third-order valence-electron chi connectivity index (χ3n) is 3.35. The Hall–Kier alpha value is -0.440. The summed E-state index contributed by atoms with van der Waals surface area (Å²) in [5.41, 5.74) is 1.55. The maximum atomic E-state index is 11.7. The van der Waals surface area contributed by atoms with Gasteiger partial charge in [-0.3, -0.25) is 4.79 Å². The lowest BCUT2D eigenvalue weighted by molar-refractivity contribution is -0.120. The molecule has 0 aromatic heterocycles. The molecule has 0 bridgehead atoms. The van der Waals surface area contributed by atoms with Gasteiger partial charge in [0.25, 0.3) is 0 Å². The Morgan fingerprint density at radius 3 is 3.06 bits per heavy atom. The molecule has 2 rings (SSSR count). The van der Waals surface area contributed by atoms with E-state index in [2.05, 4.69) is 11.4 Å². The largest absolute Gasteiger partial charge is 0.355 e. The van der Waals surface area contributed by atoms with Gasteiger partial charge in [0.15, 0.2) is 0 Å². The number of amides is 1. The third kappa shape index (κ3) is 3.55. The maximum Gasteiger partial charge on any atom is 0.233 e. The Balaban J connectivity index is 1.63. The molecule has 1 heterocycles. The number of hydrogen-bond donors (Lipinski definition) is 1. The molecule has 1 unspecified atom stereocenters. The van der Waals surface area contributed by atoms with E-state index in [4.69, 9.17) is 0 Å². The second-order valence-electron chi connectivity index (χ2n) is 4.65. The molecule has 2 nitrogen and oxygen atoms in total. The number of hydrogen-bond acceptors (Lipinski definition) is 2. The van der Waals surface area contributed by atoms with E-state index < -0.39 is 0 Å². The summed E-state index contributed by atoms with van der Waals surface area (Å²) in [5, 5.41) is 3.31. The lowest BCUT2D eigenvalue weighted by Gasteiger charge is -2.14. The van der Waals surface area contributed by atoms with Crippen LogP contribution < -0.4 is 5.32 Å². The van der Waals surface area contributed by atoms with Gasteiger partial charge in [-0.05, 0) is 50.7 Å². The molecular formula is C13H21NOS. The van der Waals surface area contributed by atoms with E-state index in [1.807, 2.05) is 11.8 Å². The summed E-state index contributed by atoms with van der Waals surface area (Å²) in [4.78, 5) is 11.7. The smallest absolute Gasteiger partial charge is 0.233 e. The molecule has 1 amide bonds. The standard InChI is InChI=1S/C13H21NOS/c15-13(12-7-4-10-16-12)14-9-8-11-5-2-1-3-6-11/h5,12H,1-4,6-10H2,(H,14,15). The minimum absolute atomic E-state index is 0.236. The van der Waals surface area contributed by atoms with Gasteiger partial charge in [0.2, 0.25) is 5.91 Å². The fourth-order valence-electron chi connectivity index (χ4n) is 2.38. The van der Waals surface area contributed by atoms with Crippen LogP contribution in [0.25, 0.3) is 0 Å². The van der Waals surface area contributed by atoms with Crippen molar-refractivity contribution in [1.82, 2.24) is 5.32 Å². The normalized spacial score (nSPS) is 25.2. The van der Waals surface area contributed by atoms with E-state index >= 15 is 0 Å². The Morgan fingerprint density at radius 2 is 2.38 bits per heavy atom. The van der Waals surface area contributed by atoms with Gasteiger partial charge in [-0.2, -0.15) is 0 Å². The summed E-state index contributed by atoms with van der Waals surface area (Å²) in [7, 11) is 0. The molecule has 16 heavy (non-hydrogen) atoms. The van der Waals surface area contributed by atoms with Crippen molar-refractivity contribution in [3.05, 3.63) is 11.6 Å². The highest BCUT2D eigenvalue weighted by atomic mass is 32.2. The molecule has 1 fully saturated rings. The van der Waals surface area contributed by atoms with Crippen LogP contribution in [0.1, 0.15) is 44.9 Å². The third-order valence-corrected chi connectivity index (χ3v) is 4.73. The Labute approximate surface area is 102 Å². The molecule has 1 atom stereocenters. The van der Waals surface area contributed by atoms with Crippen LogP contribution in [0.3, 0.4) is 0 Å². The first kappa shape index (κ1) is 12.0. The summed E-state index contributed by atoms with van der Waals surface area (Å²) in [6, 6.07) is 0. The van der Waals surface area contributed by atoms with Crippen molar-refractivity contribution in [3.8, 4) is 0 Å². The van der Waals surface area contributed by atoms with E-state index in [0.717, 1.165) is 25.1 Å². The van der Waals surface area contributed by atoms with E-state index in [1.54, 1.807) is 5.57 Å². The van der Waals surface area contributed by atoms with E-state index in [9.17, 15) is 4.79 Å². The number of rotatable bonds is 4. The van der Waals surface area contributed by atoms with Crippen molar-refractivity contribution in [1.29, 1.82) is 0 Å². The number of allylic oxidation sites excluding steroid dienone is 1. The highest BCUT2D eigenvalue weighted by Gasteiger charge is 2.22. The molecule has 0 aromatic rings. The van der Waals surface area contributed by atoms with E-state index in [0.29, 0.717) is 0 Å². The first-order chi connectivity index (χ1) is 7.86. The lowest BCUT2D eigenvalue weighted by Crippen LogP contribution is -2.32. The Morgan fingerprint density at radius 1 is 1.44 bits per heavy atom. The summed E-state index contributed by atoms with van der Waals surface area (Å²) in [6.07, 6.45) is 10.8. The van der Waals surface area contributed by atoms with Gasteiger partial charge in [0, 0.05) is 6.54 Å². The molecule has 1 aliphatic heterocycles. The second-order valence-corrected chi connectivity index (χ2v) is 5.96. The van der Waals surface area contributed by atoms with E-state index in [-0.39, 0.29) is 11.2 Å². The molecule has 90 valence electrons. The van der Waals surface area contributed by atoms with Crippen molar-refractivity contribution < 1.29 is 4.79 Å². The average Bonchev–Trinajstić information content (AvgIpc) is 2.84. The van der Waals surface area contributed by atoms with Crippen LogP contribution in [0.15, 0.2) is 11.6 Å². The Kier molecular flexibility index (Phi) is 4.76. The van der Waals surface area contributed by atoms with Crippen LogP contribution in [-0.4, -0.2) is 23.5 Å². The van der Waals surface area contributed by atoms with Crippen LogP contribution in [0, 0.1) is 0 Å². The first-order valence-electron chi connectivity index (χ1n) is 6.43. The summed E-state index contributed by atoms with van der Waals surface area (Å²) < 4.78 is 0. The molecule has 0 saturated carbocycles. The van der Waals surface area contributed by atoms with Crippen molar-refractivity contribution in [2.24, 2.45) is 0 Å². The van der Waals surface area contributed by atoms with Crippen LogP contribution in [0.5, 0.6) is 0 Å². The van der Waals surface area contributed by atoms with Gasteiger partial charge in [0.1, 0.15) is 0 Å². The number of nitrogens with one attached hydrogen (secondary N) is 1. The maximum absolute atomic E-state index is 11.7. The van der Waals surface area contributed by atoms with Crippen molar-refractivity contribution in [2.75, 3.05) is 12.3 Å². The highest BCUT2D eigenvalue weighted by Crippen LogP contribution is 2.26. The van der Waals surface area contributed by atoms with Gasteiger partial charge >= 0.3 is 0 Å². The fraction of sp³-hybridized carbons (Fsp3) is 0.769. The first-order valence-corrected chi connectivity index (χ1v) is 7.48. The summed E-state index contributed by atoms with van der Waals surface area (Å²) in [5.74, 6) is 1.42. The van der Waals surface area contributed by atoms with Gasteiger partial charge in [0.05, 0.1) is 5.25 Å². The summed E-state index contributed by atoms with van der Waals surface area (Å²) in [6.45, 7) is 0.835. The van der Waals surface area contributed by atoms with Crippen molar-refractivity contribution in [3.63, 3.8) is 0 Å². The van der Waals surface area contributed by atoms with Gasteiger partial charge in [-0.1, -0.05) is 11.6 Å². The molecule has 0 radical (unpaired) electrons. The molecule has 1 saturated heterocycles. The molecule has 0 spiro atoms. The molecule has 1 aliphatic carbocycles. The highest BCUT2D eigenvalue weighted by molar-refractivity contribution is 8.00. The zero-order valence-corrected chi connectivity index (χ0v) is 10.7. The number of thioether (sulfide) groups is 1. The predicted molar refractivity (Wildman–Crippen MR) is 69.7 cm³/mol. The summed E-state index contributed by atoms with van der Waals surface area (Å²) >= 11 is 1.81. The van der Waals surface area contributed by atoms with Gasteiger partial charge < -0.3 is 5.32 Å². The monoisotopic (exact) mass is 239 g/mol. The zero-order chi connectivity index (χ0) is 11.2. The second kappa shape index (κ2) is 6.33. The topological polar surface area (TPSA) is 29.1 Å². The number of carbonyl (C=O) groups excluding carboxylic acids is 1. The van der Waals surface area contributed by atoms with Crippen LogP contribution in [0.2, 0.25) is 0 Å². The van der Waals surface area contributed by atoms with Crippen LogP contribution >= 0.6 is 11.8 Å². The van der Waals surface area contributed by atoms with Gasteiger partial charge in [-0.15, -0.1) is 11.8 Å². The average molecular weight is 239 g/mol. The number of carbonyl (C=O) groups is 1. The Bertz CT molecular complexity index is 269. The minimum atomic E-state index is 0.236. The van der Waals surface area contributed by atoms with Crippen LogP contribution in [-0.2, 0) is 4.79 Å². The van der Waals surface area contributed by atoms with Crippen molar-refractivity contribution in [2.45, 2.75) is 50.2 Å². The molecule has 3 heteroatoms.